The number of carbonyl (C=O) groups excluding carboxylic acids is 1. The average molecular weight is 355 g/mol. The number of aryl methyl sites for hydroxylation is 2. The summed E-state index contributed by atoms with van der Waals surface area (Å²) in [5, 5.41) is 12.6. The number of rotatable bonds is 3. The highest BCUT2D eigenvalue weighted by Gasteiger charge is 2.17. The number of benzene rings is 2. The Kier molecular flexibility index (Phi) is 4.64. The van der Waals surface area contributed by atoms with Crippen LogP contribution in [0.2, 0.25) is 5.02 Å². The fraction of sp³-hybridized carbons (Fsp3) is 0.158. The Hall–Kier alpha value is -2.97. The van der Waals surface area contributed by atoms with Gasteiger partial charge in [0.2, 0.25) is 6.79 Å². The summed E-state index contributed by atoms with van der Waals surface area (Å²) in [7, 11) is 0. The van der Waals surface area contributed by atoms with E-state index in [2.05, 4.69) is 5.32 Å². The summed E-state index contributed by atoms with van der Waals surface area (Å²) < 4.78 is 10.7. The molecule has 0 unspecified atom stereocenters. The number of hydrogen-bond donors (Lipinski definition) is 1. The summed E-state index contributed by atoms with van der Waals surface area (Å²) in [5.74, 6) is 0.761. The van der Waals surface area contributed by atoms with E-state index < -0.39 is 5.91 Å². The van der Waals surface area contributed by atoms with E-state index in [0.717, 1.165) is 16.7 Å². The lowest BCUT2D eigenvalue weighted by molar-refractivity contribution is -0.112. The van der Waals surface area contributed by atoms with Gasteiger partial charge in [-0.1, -0.05) is 17.7 Å². The first-order chi connectivity index (χ1) is 12.0. The van der Waals surface area contributed by atoms with Crippen LogP contribution in [-0.2, 0) is 4.79 Å². The molecule has 25 heavy (non-hydrogen) atoms. The Morgan fingerprint density at radius 3 is 2.64 bits per heavy atom. The predicted molar refractivity (Wildman–Crippen MR) is 95.7 cm³/mol. The van der Waals surface area contributed by atoms with Crippen LogP contribution in [0.3, 0.4) is 0 Å². The Morgan fingerprint density at radius 1 is 1.20 bits per heavy atom. The van der Waals surface area contributed by atoms with Gasteiger partial charge >= 0.3 is 0 Å². The van der Waals surface area contributed by atoms with E-state index in [1.807, 2.05) is 26.0 Å². The fourth-order valence-corrected chi connectivity index (χ4v) is 2.61. The van der Waals surface area contributed by atoms with Crippen molar-refractivity contribution >= 4 is 29.3 Å². The van der Waals surface area contributed by atoms with Gasteiger partial charge < -0.3 is 14.8 Å². The molecule has 2 aromatic carbocycles. The third-order valence-corrected chi connectivity index (χ3v) is 4.11. The molecule has 1 amide bonds. The van der Waals surface area contributed by atoms with Gasteiger partial charge in [0, 0.05) is 10.7 Å². The van der Waals surface area contributed by atoms with Crippen LogP contribution in [0.4, 0.5) is 5.69 Å². The van der Waals surface area contributed by atoms with Gasteiger partial charge in [0.15, 0.2) is 11.5 Å². The molecule has 5 nitrogen and oxygen atoms in total. The number of hydrogen-bond acceptors (Lipinski definition) is 4. The number of ether oxygens (including phenoxy) is 2. The molecule has 1 aliphatic heterocycles. The summed E-state index contributed by atoms with van der Waals surface area (Å²) in [6.45, 7) is 3.90. The van der Waals surface area contributed by atoms with E-state index >= 15 is 0 Å². The molecule has 0 aromatic heterocycles. The van der Waals surface area contributed by atoms with Crippen molar-refractivity contribution in [1.29, 1.82) is 5.26 Å². The van der Waals surface area contributed by atoms with Gasteiger partial charge in [-0.15, -0.1) is 0 Å². The van der Waals surface area contributed by atoms with Gasteiger partial charge in [-0.25, -0.2) is 0 Å². The third kappa shape index (κ3) is 3.59. The van der Waals surface area contributed by atoms with Crippen molar-refractivity contribution < 1.29 is 14.3 Å². The number of halogens is 1. The lowest BCUT2D eigenvalue weighted by Crippen LogP contribution is -2.14. The topological polar surface area (TPSA) is 71.4 Å². The van der Waals surface area contributed by atoms with Crippen LogP contribution < -0.4 is 14.8 Å². The maximum atomic E-state index is 12.5. The molecule has 126 valence electrons. The second-order valence-electron chi connectivity index (χ2n) is 5.65. The highest BCUT2D eigenvalue weighted by molar-refractivity contribution is 6.31. The third-order valence-electron chi connectivity index (χ3n) is 3.87. The highest BCUT2D eigenvalue weighted by atomic mass is 35.5. The molecule has 0 saturated carbocycles. The largest absolute Gasteiger partial charge is 0.454 e. The Balaban J connectivity index is 1.89. The molecule has 0 atom stereocenters. The lowest BCUT2D eigenvalue weighted by Gasteiger charge is -2.09. The number of amides is 1. The highest BCUT2D eigenvalue weighted by Crippen LogP contribution is 2.35. The van der Waals surface area contributed by atoms with Crippen molar-refractivity contribution in [2.45, 2.75) is 13.8 Å². The van der Waals surface area contributed by atoms with E-state index in [0.29, 0.717) is 22.2 Å². The first-order valence-corrected chi connectivity index (χ1v) is 7.95. The first-order valence-electron chi connectivity index (χ1n) is 7.57. The SMILES string of the molecule is Cc1cc2c(cc1/C=C(\C#N)C(=O)Nc1cc(Cl)ccc1C)OCO2. The van der Waals surface area contributed by atoms with Crippen LogP contribution >= 0.6 is 11.6 Å². The molecule has 1 heterocycles. The zero-order valence-corrected chi connectivity index (χ0v) is 14.5. The minimum absolute atomic E-state index is 0.0126. The molecule has 0 aliphatic carbocycles. The molecule has 0 radical (unpaired) electrons. The van der Waals surface area contributed by atoms with Crippen molar-refractivity contribution in [3.63, 3.8) is 0 Å². The van der Waals surface area contributed by atoms with Gasteiger partial charge in [-0.3, -0.25) is 4.79 Å². The van der Waals surface area contributed by atoms with Gasteiger partial charge in [-0.05, 0) is 60.9 Å². The van der Waals surface area contributed by atoms with Gasteiger partial charge in [-0.2, -0.15) is 5.26 Å². The summed E-state index contributed by atoms with van der Waals surface area (Å²) in [4.78, 5) is 12.5. The smallest absolute Gasteiger partial charge is 0.266 e. The van der Waals surface area contributed by atoms with Crippen molar-refractivity contribution in [1.82, 2.24) is 0 Å². The molecule has 0 fully saturated rings. The summed E-state index contributed by atoms with van der Waals surface area (Å²) in [5.41, 5.74) is 3.01. The molecule has 0 saturated heterocycles. The van der Waals surface area contributed by atoms with E-state index in [4.69, 9.17) is 21.1 Å². The van der Waals surface area contributed by atoms with Crippen LogP contribution in [0, 0.1) is 25.2 Å². The summed E-state index contributed by atoms with van der Waals surface area (Å²) >= 11 is 5.96. The quantitative estimate of drug-likeness (QED) is 0.661. The molecular weight excluding hydrogens is 340 g/mol. The molecule has 3 rings (SSSR count). The number of nitrogens with one attached hydrogen (secondary N) is 1. The molecule has 1 N–H and O–H groups in total. The fourth-order valence-electron chi connectivity index (χ4n) is 2.44. The monoisotopic (exact) mass is 354 g/mol. The van der Waals surface area contributed by atoms with Crippen LogP contribution in [0.1, 0.15) is 16.7 Å². The van der Waals surface area contributed by atoms with Crippen molar-refractivity contribution in [2.24, 2.45) is 0 Å². The Labute approximate surface area is 150 Å². The minimum atomic E-state index is -0.495. The number of nitriles is 1. The Bertz CT molecular complexity index is 929. The predicted octanol–water partition coefficient (Wildman–Crippen LogP) is 4.23. The Morgan fingerprint density at radius 2 is 1.92 bits per heavy atom. The molecule has 6 heteroatoms. The zero-order chi connectivity index (χ0) is 18.0. The standard InChI is InChI=1S/C19H15ClN2O3/c1-11-3-4-15(20)8-16(11)22-19(23)14(9-21)6-13-7-18-17(5-12(13)2)24-10-25-18/h3-8H,10H2,1-2H3,(H,22,23)/b14-6+. The van der Waals surface area contributed by atoms with Crippen LogP contribution in [-0.4, -0.2) is 12.7 Å². The molecular formula is C19H15ClN2O3. The number of fused-ring (bicyclic) bond motifs is 1. The van der Waals surface area contributed by atoms with E-state index in [1.54, 1.807) is 24.3 Å². The maximum absolute atomic E-state index is 12.5. The van der Waals surface area contributed by atoms with Crippen molar-refractivity contribution in [3.05, 3.63) is 57.6 Å². The summed E-state index contributed by atoms with van der Waals surface area (Å²) in [6, 6.07) is 10.7. The second-order valence-corrected chi connectivity index (χ2v) is 6.08. The molecule has 2 aromatic rings. The maximum Gasteiger partial charge on any atom is 0.266 e. The lowest BCUT2D eigenvalue weighted by atomic mass is 10.0. The van der Waals surface area contributed by atoms with E-state index in [9.17, 15) is 10.1 Å². The second kappa shape index (κ2) is 6.88. The minimum Gasteiger partial charge on any atom is -0.454 e. The van der Waals surface area contributed by atoms with Crippen molar-refractivity contribution in [2.75, 3.05) is 12.1 Å². The molecule has 1 aliphatic rings. The number of anilines is 1. The normalized spacial score (nSPS) is 12.6. The number of carbonyl (C=O) groups is 1. The van der Waals surface area contributed by atoms with Crippen LogP contribution in [0.15, 0.2) is 35.9 Å². The first kappa shape index (κ1) is 16.9. The van der Waals surface area contributed by atoms with E-state index in [1.165, 1.54) is 6.08 Å². The van der Waals surface area contributed by atoms with Crippen LogP contribution in [0.25, 0.3) is 6.08 Å². The molecule has 0 spiro atoms. The zero-order valence-electron chi connectivity index (χ0n) is 13.7. The van der Waals surface area contributed by atoms with E-state index in [-0.39, 0.29) is 12.4 Å². The van der Waals surface area contributed by atoms with Gasteiger partial charge in [0.25, 0.3) is 5.91 Å². The molecule has 0 bridgehead atoms. The van der Waals surface area contributed by atoms with Gasteiger partial charge in [0.05, 0.1) is 0 Å². The van der Waals surface area contributed by atoms with Gasteiger partial charge in [0.1, 0.15) is 11.6 Å². The van der Waals surface area contributed by atoms with Crippen molar-refractivity contribution in [3.8, 4) is 17.6 Å². The number of nitrogens with zero attached hydrogens (tertiary/aromatic N) is 1. The van der Waals surface area contributed by atoms with Crippen LogP contribution in [0.5, 0.6) is 11.5 Å². The summed E-state index contributed by atoms with van der Waals surface area (Å²) in [6.07, 6.45) is 1.53. The average Bonchev–Trinajstić information content (AvgIpc) is 3.02.